The van der Waals surface area contributed by atoms with Gasteiger partial charge in [-0.15, -0.1) is 0 Å². The standard InChI is InChI=1S/C13H19N3O2.C2HF3O2/c1-8-3-5-10(6-4-8)7-11(14)13(18)16-9(2)12(15)17;3-2(4,5)1(6)7/h3-6,9,11H,7,14H2,1-2H3,(H2,15,17)(H,16,18);(H,6,7)/t9-,11+;/m0./s1. The summed E-state index contributed by atoms with van der Waals surface area (Å²) in [6.07, 6.45) is -4.66. The average Bonchev–Trinajstić information content (AvgIpc) is 2.48. The Hall–Kier alpha value is -2.62. The van der Waals surface area contributed by atoms with Crippen molar-refractivity contribution in [2.45, 2.75) is 38.5 Å². The van der Waals surface area contributed by atoms with Crippen LogP contribution in [0.5, 0.6) is 0 Å². The monoisotopic (exact) mass is 363 g/mol. The molecule has 0 aromatic heterocycles. The third-order valence-corrected chi connectivity index (χ3v) is 2.99. The Morgan fingerprint density at radius 1 is 1.24 bits per heavy atom. The fourth-order valence-electron chi connectivity index (χ4n) is 1.50. The summed E-state index contributed by atoms with van der Waals surface area (Å²) in [5.74, 6) is -3.82. The first-order chi connectivity index (χ1) is 11.3. The van der Waals surface area contributed by atoms with Gasteiger partial charge in [-0.3, -0.25) is 9.59 Å². The third-order valence-electron chi connectivity index (χ3n) is 2.99. The van der Waals surface area contributed by atoms with Crippen LogP contribution in [0.3, 0.4) is 0 Å². The molecule has 0 heterocycles. The van der Waals surface area contributed by atoms with Gasteiger partial charge in [0.05, 0.1) is 0 Å². The lowest BCUT2D eigenvalue weighted by Gasteiger charge is -2.13. The zero-order chi connectivity index (χ0) is 19.8. The quantitative estimate of drug-likeness (QED) is 0.582. The summed E-state index contributed by atoms with van der Waals surface area (Å²) >= 11 is 0. The fourth-order valence-corrected chi connectivity index (χ4v) is 1.50. The van der Waals surface area contributed by atoms with Crippen molar-refractivity contribution in [2.75, 3.05) is 0 Å². The highest BCUT2D eigenvalue weighted by atomic mass is 19.4. The summed E-state index contributed by atoms with van der Waals surface area (Å²) < 4.78 is 31.5. The normalized spacial score (nSPS) is 13.0. The van der Waals surface area contributed by atoms with Gasteiger partial charge in [-0.1, -0.05) is 29.8 Å². The van der Waals surface area contributed by atoms with Gasteiger partial charge in [-0.2, -0.15) is 13.2 Å². The first kappa shape index (κ1) is 22.4. The zero-order valence-corrected chi connectivity index (χ0v) is 13.7. The zero-order valence-electron chi connectivity index (χ0n) is 13.7. The molecule has 1 aromatic carbocycles. The molecular weight excluding hydrogens is 343 g/mol. The molecule has 0 aliphatic carbocycles. The Labute approximate surface area is 142 Å². The molecule has 7 nitrogen and oxygen atoms in total. The summed E-state index contributed by atoms with van der Waals surface area (Å²) in [4.78, 5) is 31.4. The fraction of sp³-hybridized carbons (Fsp3) is 0.400. The second-order valence-corrected chi connectivity index (χ2v) is 5.30. The number of rotatable bonds is 5. The van der Waals surface area contributed by atoms with Crippen LogP contribution in [0.15, 0.2) is 24.3 Å². The van der Waals surface area contributed by atoms with Crippen molar-refractivity contribution < 1.29 is 38.4 Å². The highest BCUT2D eigenvalue weighted by molar-refractivity contribution is 5.88. The number of quaternary nitrogens is 1. The highest BCUT2D eigenvalue weighted by Crippen LogP contribution is 2.11. The third kappa shape index (κ3) is 9.30. The number of nitrogens with two attached hydrogens (primary N) is 1. The Morgan fingerprint density at radius 2 is 1.68 bits per heavy atom. The largest absolute Gasteiger partial charge is 0.542 e. The van der Waals surface area contributed by atoms with Crippen molar-refractivity contribution >= 4 is 17.8 Å². The average molecular weight is 363 g/mol. The predicted molar refractivity (Wildman–Crippen MR) is 79.4 cm³/mol. The number of aryl methyl sites for hydroxylation is 1. The number of carbonyl (C=O) groups excluding carboxylic acids is 3. The molecule has 1 rings (SSSR count). The molecule has 0 saturated carbocycles. The number of nitrogens with one attached hydrogen (secondary N) is 1. The number of amides is 2. The van der Waals surface area contributed by atoms with Gasteiger partial charge in [-0.25, -0.2) is 0 Å². The second kappa shape index (κ2) is 9.62. The van der Waals surface area contributed by atoms with E-state index in [4.69, 9.17) is 15.6 Å². The van der Waals surface area contributed by atoms with Gasteiger partial charge in [0.15, 0.2) is 6.04 Å². The molecule has 2 atom stereocenters. The Bertz CT molecular complexity index is 603. The van der Waals surface area contributed by atoms with Crippen molar-refractivity contribution in [3.8, 4) is 0 Å². The Kier molecular flexibility index (Phi) is 8.61. The molecule has 1 aromatic rings. The lowest BCUT2D eigenvalue weighted by molar-refractivity contribution is -0.403. The molecule has 0 radical (unpaired) electrons. The van der Waals surface area contributed by atoms with E-state index in [1.807, 2.05) is 31.2 Å². The Morgan fingerprint density at radius 3 is 2.04 bits per heavy atom. The summed E-state index contributed by atoms with van der Waals surface area (Å²) in [5, 5.41) is 11.3. The van der Waals surface area contributed by atoms with Gasteiger partial charge < -0.3 is 26.7 Å². The van der Waals surface area contributed by atoms with Crippen LogP contribution in [-0.4, -0.2) is 36.0 Å². The van der Waals surface area contributed by atoms with E-state index in [9.17, 15) is 22.8 Å². The highest BCUT2D eigenvalue weighted by Gasteiger charge is 2.28. The maximum absolute atomic E-state index is 11.7. The van der Waals surface area contributed by atoms with Gasteiger partial charge in [0.2, 0.25) is 5.91 Å². The second-order valence-electron chi connectivity index (χ2n) is 5.30. The number of carboxylic acid groups (broad SMARTS) is 1. The maximum atomic E-state index is 11.7. The van der Waals surface area contributed by atoms with Crippen LogP contribution in [0.1, 0.15) is 18.1 Å². The number of aliphatic carboxylic acids is 1. The van der Waals surface area contributed by atoms with E-state index in [-0.39, 0.29) is 5.91 Å². The van der Waals surface area contributed by atoms with Crippen molar-refractivity contribution in [3.05, 3.63) is 35.4 Å². The molecule has 2 amide bonds. The molecule has 0 aliphatic rings. The molecule has 10 heteroatoms. The molecule has 0 spiro atoms. The van der Waals surface area contributed by atoms with Crippen LogP contribution in [-0.2, 0) is 20.8 Å². The number of primary amides is 1. The van der Waals surface area contributed by atoms with Crippen molar-refractivity contribution in [1.29, 1.82) is 0 Å². The molecule has 0 aliphatic heterocycles. The minimum atomic E-state index is -5.19. The van der Waals surface area contributed by atoms with Crippen LogP contribution in [0, 0.1) is 6.92 Å². The molecule has 6 N–H and O–H groups in total. The van der Waals surface area contributed by atoms with Crippen LogP contribution in [0.4, 0.5) is 13.2 Å². The minimum Gasteiger partial charge on any atom is -0.542 e. The van der Waals surface area contributed by atoms with E-state index in [0.717, 1.165) is 5.56 Å². The van der Waals surface area contributed by atoms with Crippen molar-refractivity contribution in [3.63, 3.8) is 0 Å². The lowest BCUT2D eigenvalue weighted by Crippen LogP contribution is -2.69. The summed E-state index contributed by atoms with van der Waals surface area (Å²) in [6.45, 7) is 3.56. The molecule has 0 saturated heterocycles. The molecule has 140 valence electrons. The van der Waals surface area contributed by atoms with Gasteiger partial charge in [0.25, 0.3) is 5.91 Å². The van der Waals surface area contributed by atoms with E-state index < -0.39 is 30.1 Å². The van der Waals surface area contributed by atoms with Crippen LogP contribution in [0.2, 0.25) is 0 Å². The number of hydrogen-bond acceptors (Lipinski definition) is 4. The minimum absolute atomic E-state index is 0.262. The van der Waals surface area contributed by atoms with Gasteiger partial charge in [-0.05, 0) is 19.4 Å². The van der Waals surface area contributed by atoms with Gasteiger partial charge >= 0.3 is 6.18 Å². The summed E-state index contributed by atoms with van der Waals surface area (Å²) in [6, 6.07) is 6.82. The SMILES string of the molecule is Cc1ccc(C[C@@H]([NH3+])C(=O)N[C@@H](C)C(N)=O)cc1.O=C([O-])C(F)(F)F. The van der Waals surface area contributed by atoms with Gasteiger partial charge in [0.1, 0.15) is 12.0 Å². The number of halogens is 3. The molecule has 0 unspecified atom stereocenters. The van der Waals surface area contributed by atoms with Crippen molar-refractivity contribution in [1.82, 2.24) is 5.32 Å². The topological polar surface area (TPSA) is 140 Å². The summed E-state index contributed by atoms with van der Waals surface area (Å²) in [5.41, 5.74) is 11.1. The molecule has 25 heavy (non-hydrogen) atoms. The van der Waals surface area contributed by atoms with Crippen molar-refractivity contribution in [2.24, 2.45) is 5.73 Å². The van der Waals surface area contributed by atoms with E-state index in [2.05, 4.69) is 11.1 Å². The van der Waals surface area contributed by atoms with E-state index >= 15 is 0 Å². The van der Waals surface area contributed by atoms with Gasteiger partial charge in [0, 0.05) is 6.42 Å². The molecule has 0 fully saturated rings. The number of hydrogen-bond donors (Lipinski definition) is 3. The van der Waals surface area contributed by atoms with Crippen LogP contribution < -0.4 is 21.9 Å². The Balaban J connectivity index is 0.000000697. The number of carbonyl (C=O) groups is 3. The lowest BCUT2D eigenvalue weighted by atomic mass is 10.0. The first-order valence-corrected chi connectivity index (χ1v) is 7.11. The summed E-state index contributed by atoms with van der Waals surface area (Å²) in [7, 11) is 0. The first-order valence-electron chi connectivity index (χ1n) is 7.11. The maximum Gasteiger partial charge on any atom is 0.430 e. The van der Waals surface area contributed by atoms with Crippen LogP contribution in [0.25, 0.3) is 0 Å². The van der Waals surface area contributed by atoms with E-state index in [1.54, 1.807) is 6.92 Å². The number of carboxylic acids is 1. The molecular formula is C15H20F3N3O4. The smallest absolute Gasteiger partial charge is 0.430 e. The predicted octanol–water partition coefficient (Wildman–Crippen LogP) is -1.56. The number of benzene rings is 1. The number of alkyl halides is 3. The van der Waals surface area contributed by atoms with E-state index in [1.165, 1.54) is 5.56 Å². The van der Waals surface area contributed by atoms with E-state index in [0.29, 0.717) is 6.42 Å². The molecule has 0 bridgehead atoms. The van der Waals surface area contributed by atoms with Crippen LogP contribution >= 0.6 is 0 Å².